The first-order valence-electron chi connectivity index (χ1n) is 9.79. The summed E-state index contributed by atoms with van der Waals surface area (Å²) >= 11 is 1.66. The average Bonchev–Trinajstić information content (AvgIpc) is 3.20. The number of thiophene rings is 1. The van der Waals surface area contributed by atoms with Crippen LogP contribution >= 0.6 is 11.3 Å². The molecule has 1 aliphatic rings. The summed E-state index contributed by atoms with van der Waals surface area (Å²) in [5.41, 5.74) is 0.684. The summed E-state index contributed by atoms with van der Waals surface area (Å²) in [5, 5.41) is 8.21. The van der Waals surface area contributed by atoms with Gasteiger partial charge in [0.2, 0.25) is 5.91 Å². The molecule has 2 atom stereocenters. The second-order valence-electron chi connectivity index (χ2n) is 8.40. The van der Waals surface area contributed by atoms with Gasteiger partial charge in [0.25, 0.3) is 0 Å². The van der Waals surface area contributed by atoms with Gasteiger partial charge in [-0.2, -0.15) is 0 Å². The summed E-state index contributed by atoms with van der Waals surface area (Å²) in [7, 11) is 0. The number of nitrogens with one attached hydrogen (secondary N) is 2. The number of nitrogens with zero attached hydrogens (tertiary/aromatic N) is 1. The summed E-state index contributed by atoms with van der Waals surface area (Å²) in [4.78, 5) is 28.5. The topological polar surface area (TPSA) is 61.4 Å². The Morgan fingerprint density at radius 3 is 2.54 bits per heavy atom. The molecule has 0 aliphatic carbocycles. The van der Waals surface area contributed by atoms with Gasteiger partial charge >= 0.3 is 6.03 Å². The van der Waals surface area contributed by atoms with Crippen molar-refractivity contribution in [3.8, 4) is 0 Å². The highest BCUT2D eigenvalue weighted by Crippen LogP contribution is 2.35. The number of para-hydroxylation sites is 1. The largest absolute Gasteiger partial charge is 0.348 e. The molecule has 28 heavy (non-hydrogen) atoms. The molecule has 0 bridgehead atoms. The number of likely N-dealkylation sites (tertiary alicyclic amines) is 1. The van der Waals surface area contributed by atoms with Gasteiger partial charge in [0, 0.05) is 23.7 Å². The van der Waals surface area contributed by atoms with Crippen molar-refractivity contribution in [3.63, 3.8) is 0 Å². The maximum absolute atomic E-state index is 13.0. The lowest BCUT2D eigenvalue weighted by Crippen LogP contribution is -2.48. The van der Waals surface area contributed by atoms with Crippen molar-refractivity contribution in [1.29, 1.82) is 0 Å². The number of rotatable bonds is 4. The number of urea groups is 1. The van der Waals surface area contributed by atoms with E-state index in [4.69, 9.17) is 0 Å². The Morgan fingerprint density at radius 1 is 1.14 bits per heavy atom. The fourth-order valence-electron chi connectivity index (χ4n) is 3.53. The molecule has 1 aromatic heterocycles. The number of piperidine rings is 1. The van der Waals surface area contributed by atoms with Crippen LogP contribution < -0.4 is 10.6 Å². The maximum atomic E-state index is 13.0. The van der Waals surface area contributed by atoms with Gasteiger partial charge in [0.05, 0.1) is 12.0 Å². The smallest absolute Gasteiger partial charge is 0.321 e. The number of hydrogen-bond donors (Lipinski definition) is 2. The van der Waals surface area contributed by atoms with E-state index < -0.39 is 0 Å². The summed E-state index contributed by atoms with van der Waals surface area (Å²) in [6.45, 7) is 7.54. The summed E-state index contributed by atoms with van der Waals surface area (Å²) in [5.74, 6) is -0.148. The summed E-state index contributed by atoms with van der Waals surface area (Å²) in [6, 6.07) is 13.3. The molecule has 2 unspecified atom stereocenters. The zero-order valence-electron chi connectivity index (χ0n) is 16.8. The molecule has 6 heteroatoms. The Hall–Kier alpha value is -2.34. The Labute approximate surface area is 171 Å². The molecule has 2 aromatic rings. The molecule has 2 heterocycles. The van der Waals surface area contributed by atoms with Crippen molar-refractivity contribution < 1.29 is 9.59 Å². The van der Waals surface area contributed by atoms with Crippen LogP contribution in [0.3, 0.4) is 0 Å². The third-order valence-electron chi connectivity index (χ3n) is 5.08. The molecular weight excluding hydrogens is 370 g/mol. The summed E-state index contributed by atoms with van der Waals surface area (Å²) in [6.07, 6.45) is 1.64. The monoisotopic (exact) mass is 399 g/mol. The van der Waals surface area contributed by atoms with Gasteiger partial charge in [-0.25, -0.2) is 4.79 Å². The Kier molecular flexibility index (Phi) is 6.39. The zero-order chi connectivity index (χ0) is 20.1. The third-order valence-corrected chi connectivity index (χ3v) is 6.02. The van der Waals surface area contributed by atoms with Gasteiger partial charge < -0.3 is 15.5 Å². The molecule has 0 spiro atoms. The Morgan fingerprint density at radius 2 is 1.89 bits per heavy atom. The molecule has 0 saturated carbocycles. The fourth-order valence-corrected chi connectivity index (χ4v) is 4.55. The van der Waals surface area contributed by atoms with Gasteiger partial charge in [-0.1, -0.05) is 45.0 Å². The van der Waals surface area contributed by atoms with Crippen LogP contribution in [-0.4, -0.2) is 29.9 Å². The van der Waals surface area contributed by atoms with Gasteiger partial charge in [0.1, 0.15) is 0 Å². The van der Waals surface area contributed by atoms with Crippen LogP contribution in [0.5, 0.6) is 0 Å². The van der Waals surface area contributed by atoms with Crippen LogP contribution in [-0.2, 0) is 4.79 Å². The first kappa shape index (κ1) is 20.4. The van der Waals surface area contributed by atoms with E-state index in [1.54, 1.807) is 16.2 Å². The van der Waals surface area contributed by atoms with Gasteiger partial charge in [-0.3, -0.25) is 4.79 Å². The van der Waals surface area contributed by atoms with Gasteiger partial charge in [0.15, 0.2) is 0 Å². The second-order valence-corrected chi connectivity index (χ2v) is 9.38. The predicted octanol–water partition coefficient (Wildman–Crippen LogP) is 4.90. The molecule has 5 nitrogen and oxygen atoms in total. The molecule has 1 aromatic carbocycles. The highest BCUT2D eigenvalue weighted by atomic mass is 32.1. The number of hydrogen-bond acceptors (Lipinski definition) is 3. The Bertz CT molecular complexity index is 784. The van der Waals surface area contributed by atoms with Gasteiger partial charge in [-0.05, 0) is 41.8 Å². The van der Waals surface area contributed by atoms with E-state index in [0.717, 1.165) is 23.4 Å². The van der Waals surface area contributed by atoms with E-state index in [2.05, 4.69) is 37.5 Å². The third kappa shape index (κ3) is 5.13. The molecule has 0 radical (unpaired) electrons. The fraction of sp³-hybridized carbons (Fsp3) is 0.455. The van der Waals surface area contributed by atoms with Crippen molar-refractivity contribution in [1.82, 2.24) is 10.2 Å². The standard InChI is InChI=1S/C22H29N3O2S/c1-22(2,3)19(18-12-8-14-28-18)24-20(26)16-9-7-13-25(15-16)21(27)23-17-10-5-4-6-11-17/h4-6,8,10-12,14,16,19H,7,9,13,15H2,1-3H3,(H,23,27)(H,24,26). The van der Waals surface area contributed by atoms with E-state index in [1.807, 2.05) is 41.8 Å². The molecule has 1 aliphatic heterocycles. The second kappa shape index (κ2) is 8.78. The average molecular weight is 400 g/mol. The molecule has 3 rings (SSSR count). The lowest BCUT2D eigenvalue weighted by atomic mass is 9.85. The number of anilines is 1. The van der Waals surface area contributed by atoms with Crippen molar-refractivity contribution >= 4 is 29.0 Å². The number of carbonyl (C=O) groups is 2. The Balaban J connectivity index is 1.63. The van der Waals surface area contributed by atoms with Crippen LogP contribution in [0, 0.1) is 11.3 Å². The minimum atomic E-state index is -0.180. The lowest BCUT2D eigenvalue weighted by molar-refractivity contribution is -0.127. The first-order chi connectivity index (χ1) is 13.3. The lowest BCUT2D eigenvalue weighted by Gasteiger charge is -2.35. The number of carbonyl (C=O) groups excluding carboxylic acids is 2. The molecule has 150 valence electrons. The summed E-state index contributed by atoms with van der Waals surface area (Å²) < 4.78 is 0. The van der Waals surface area contributed by atoms with Crippen LogP contribution in [0.2, 0.25) is 0 Å². The predicted molar refractivity (Wildman–Crippen MR) is 114 cm³/mol. The van der Waals surface area contributed by atoms with E-state index >= 15 is 0 Å². The minimum Gasteiger partial charge on any atom is -0.348 e. The first-order valence-corrected chi connectivity index (χ1v) is 10.7. The maximum Gasteiger partial charge on any atom is 0.321 e. The van der Waals surface area contributed by atoms with Crippen LogP contribution in [0.25, 0.3) is 0 Å². The highest BCUT2D eigenvalue weighted by Gasteiger charge is 2.33. The van der Waals surface area contributed by atoms with E-state index in [-0.39, 0.29) is 29.3 Å². The number of amides is 3. The van der Waals surface area contributed by atoms with E-state index in [9.17, 15) is 9.59 Å². The quantitative estimate of drug-likeness (QED) is 0.768. The van der Waals surface area contributed by atoms with E-state index in [1.165, 1.54) is 0 Å². The van der Waals surface area contributed by atoms with Crippen molar-refractivity contribution in [3.05, 3.63) is 52.7 Å². The van der Waals surface area contributed by atoms with Crippen molar-refractivity contribution in [2.45, 2.75) is 39.7 Å². The van der Waals surface area contributed by atoms with Crippen LogP contribution in [0.15, 0.2) is 47.8 Å². The van der Waals surface area contributed by atoms with Crippen LogP contribution in [0.1, 0.15) is 44.5 Å². The minimum absolute atomic E-state index is 0.0329. The van der Waals surface area contributed by atoms with E-state index in [0.29, 0.717) is 13.1 Å². The van der Waals surface area contributed by atoms with Crippen molar-refractivity contribution in [2.75, 3.05) is 18.4 Å². The number of benzene rings is 1. The normalized spacial score (nSPS) is 18.4. The SMILES string of the molecule is CC(C)(C)C(NC(=O)C1CCCN(C(=O)Nc2ccccc2)C1)c1cccs1. The molecule has 1 saturated heterocycles. The van der Waals surface area contributed by atoms with Crippen molar-refractivity contribution in [2.24, 2.45) is 11.3 Å². The molecule has 2 N–H and O–H groups in total. The zero-order valence-corrected chi connectivity index (χ0v) is 17.6. The van der Waals surface area contributed by atoms with Crippen LogP contribution in [0.4, 0.5) is 10.5 Å². The highest BCUT2D eigenvalue weighted by molar-refractivity contribution is 7.10. The van der Waals surface area contributed by atoms with Gasteiger partial charge in [-0.15, -0.1) is 11.3 Å². The molecular formula is C22H29N3O2S. The molecule has 3 amide bonds. The molecule has 1 fully saturated rings.